The molecule has 1 aromatic carbocycles. The van der Waals surface area contributed by atoms with Gasteiger partial charge in [0.1, 0.15) is 16.7 Å². The molecule has 0 unspecified atom stereocenters. The van der Waals surface area contributed by atoms with Crippen molar-refractivity contribution >= 4 is 33.2 Å². The predicted molar refractivity (Wildman–Crippen MR) is 113 cm³/mol. The number of hydrogen-bond acceptors (Lipinski definition) is 3. The molecule has 0 spiro atoms. The van der Waals surface area contributed by atoms with Gasteiger partial charge in [0.25, 0.3) is 0 Å². The first-order chi connectivity index (χ1) is 13.2. The van der Waals surface area contributed by atoms with Gasteiger partial charge < -0.3 is 9.30 Å². The summed E-state index contributed by atoms with van der Waals surface area (Å²) in [5, 5.41) is 9.93. The molecule has 140 valence electrons. The summed E-state index contributed by atoms with van der Waals surface area (Å²) < 4.78 is 9.53. The Morgan fingerprint density at radius 3 is 2.78 bits per heavy atom. The van der Waals surface area contributed by atoms with Gasteiger partial charge in [0, 0.05) is 12.1 Å². The van der Waals surface area contributed by atoms with Crippen LogP contribution in [-0.4, -0.2) is 10.7 Å². The van der Waals surface area contributed by atoms with Crippen molar-refractivity contribution < 1.29 is 4.74 Å². The van der Waals surface area contributed by atoms with Crippen LogP contribution < -0.4 is 4.74 Å². The second-order valence-electron chi connectivity index (χ2n) is 7.17. The maximum Gasteiger partial charge on any atom is 0.121 e. The van der Waals surface area contributed by atoms with Crippen LogP contribution in [0.4, 0.5) is 0 Å². The Hall–Kier alpha value is -1.96. The van der Waals surface area contributed by atoms with E-state index in [9.17, 15) is 5.26 Å². The van der Waals surface area contributed by atoms with E-state index < -0.39 is 0 Å². The Bertz CT molecular complexity index is 992. The van der Waals surface area contributed by atoms with Crippen molar-refractivity contribution in [3.63, 3.8) is 0 Å². The number of nitrogens with zero attached hydrogens (tertiary/aromatic N) is 2. The first kappa shape index (κ1) is 18.4. The first-order valence-electron chi connectivity index (χ1n) is 9.69. The number of benzene rings is 1. The van der Waals surface area contributed by atoms with E-state index in [4.69, 9.17) is 16.3 Å². The van der Waals surface area contributed by atoms with Crippen LogP contribution >= 0.6 is 22.9 Å². The highest BCUT2D eigenvalue weighted by Gasteiger charge is 2.19. The van der Waals surface area contributed by atoms with Gasteiger partial charge in [-0.2, -0.15) is 5.26 Å². The third-order valence-electron chi connectivity index (χ3n) is 5.26. The molecule has 0 aliphatic heterocycles. The van der Waals surface area contributed by atoms with E-state index in [0.717, 1.165) is 64.3 Å². The zero-order valence-electron chi connectivity index (χ0n) is 15.5. The van der Waals surface area contributed by atoms with Crippen molar-refractivity contribution in [2.24, 2.45) is 0 Å². The molecular formula is C22H23ClN2OS. The van der Waals surface area contributed by atoms with Crippen molar-refractivity contribution in [2.45, 2.75) is 58.1 Å². The van der Waals surface area contributed by atoms with Crippen molar-refractivity contribution in [3.8, 4) is 23.1 Å². The average molecular weight is 399 g/mol. The highest BCUT2D eigenvalue weighted by atomic mass is 35.5. The minimum Gasteiger partial charge on any atom is -0.490 e. The molecule has 1 fully saturated rings. The Morgan fingerprint density at radius 2 is 2.07 bits per heavy atom. The fourth-order valence-electron chi connectivity index (χ4n) is 3.85. The zero-order chi connectivity index (χ0) is 18.8. The number of unbranched alkanes of at least 4 members (excludes halogenated alkanes) is 1. The number of thiophene rings is 1. The van der Waals surface area contributed by atoms with Gasteiger partial charge >= 0.3 is 0 Å². The Kier molecular flexibility index (Phi) is 5.43. The van der Waals surface area contributed by atoms with Crippen LogP contribution in [-0.2, 0) is 6.54 Å². The third-order valence-corrected chi connectivity index (χ3v) is 6.55. The number of nitriles is 1. The van der Waals surface area contributed by atoms with Crippen LogP contribution in [0, 0.1) is 11.3 Å². The van der Waals surface area contributed by atoms with E-state index in [1.54, 1.807) is 11.3 Å². The summed E-state index contributed by atoms with van der Waals surface area (Å²) in [5.41, 5.74) is 3.27. The predicted octanol–water partition coefficient (Wildman–Crippen LogP) is 7.02. The summed E-state index contributed by atoms with van der Waals surface area (Å²) in [4.78, 5) is 0.753. The molecule has 5 heteroatoms. The van der Waals surface area contributed by atoms with Crippen LogP contribution in [0.15, 0.2) is 30.3 Å². The van der Waals surface area contributed by atoms with Gasteiger partial charge in [0.15, 0.2) is 0 Å². The molecule has 0 amide bonds. The summed E-state index contributed by atoms with van der Waals surface area (Å²) in [6.07, 6.45) is 7.32. The Morgan fingerprint density at radius 1 is 1.26 bits per heavy atom. The topological polar surface area (TPSA) is 38.0 Å². The molecule has 0 saturated heterocycles. The largest absolute Gasteiger partial charge is 0.490 e. The Balaban J connectivity index is 1.70. The number of halogens is 1. The summed E-state index contributed by atoms with van der Waals surface area (Å²) in [5.74, 6) is 0.857. The molecule has 2 heterocycles. The van der Waals surface area contributed by atoms with Crippen LogP contribution in [0.3, 0.4) is 0 Å². The van der Waals surface area contributed by atoms with Gasteiger partial charge in [0.2, 0.25) is 0 Å². The minimum absolute atomic E-state index is 0.329. The summed E-state index contributed by atoms with van der Waals surface area (Å²) in [6.45, 7) is 3.12. The number of rotatable bonds is 6. The molecule has 0 bridgehead atoms. The lowest BCUT2D eigenvalue weighted by Gasteiger charge is -2.15. The molecule has 0 radical (unpaired) electrons. The molecule has 4 rings (SSSR count). The normalized spacial score (nSPS) is 14.7. The highest BCUT2D eigenvalue weighted by molar-refractivity contribution is 7.19. The fourth-order valence-corrected chi connectivity index (χ4v) is 5.02. The van der Waals surface area contributed by atoms with Gasteiger partial charge in [-0.25, -0.2) is 0 Å². The average Bonchev–Trinajstić information content (AvgIpc) is 3.37. The molecule has 0 atom stereocenters. The maximum absolute atomic E-state index is 9.22. The van der Waals surface area contributed by atoms with Gasteiger partial charge in [-0.05, 0) is 62.4 Å². The number of hydrogen-bond donors (Lipinski definition) is 0. The summed E-state index contributed by atoms with van der Waals surface area (Å²) >= 11 is 8.21. The van der Waals surface area contributed by atoms with Crippen LogP contribution in [0.5, 0.6) is 5.75 Å². The van der Waals surface area contributed by atoms with Crippen LogP contribution in [0.2, 0.25) is 5.02 Å². The quantitative estimate of drug-likeness (QED) is 0.447. The van der Waals surface area contributed by atoms with Crippen LogP contribution in [0.25, 0.3) is 21.5 Å². The van der Waals surface area contributed by atoms with Crippen LogP contribution in [0.1, 0.15) is 50.3 Å². The SMILES string of the molecule is CCCCn1c(-c2ccc(OC3CCCC3)cc2Cl)cc2sc(C#N)cc21. The van der Waals surface area contributed by atoms with E-state index in [-0.39, 0.29) is 0 Å². The fraction of sp³-hybridized carbons (Fsp3) is 0.409. The van der Waals surface area contributed by atoms with Crippen molar-refractivity contribution in [1.29, 1.82) is 5.26 Å². The lowest BCUT2D eigenvalue weighted by Crippen LogP contribution is -2.10. The molecular weight excluding hydrogens is 376 g/mol. The summed E-state index contributed by atoms with van der Waals surface area (Å²) in [6, 6.07) is 12.5. The number of ether oxygens (including phenoxy) is 1. The highest BCUT2D eigenvalue weighted by Crippen LogP contribution is 2.38. The molecule has 1 aliphatic carbocycles. The van der Waals surface area contributed by atoms with E-state index in [1.807, 2.05) is 18.2 Å². The Labute approximate surface area is 169 Å². The minimum atomic E-state index is 0.329. The second kappa shape index (κ2) is 7.96. The molecule has 0 N–H and O–H groups in total. The van der Waals surface area contributed by atoms with Crippen molar-refractivity contribution in [2.75, 3.05) is 0 Å². The smallest absolute Gasteiger partial charge is 0.121 e. The molecule has 1 aliphatic rings. The van der Waals surface area contributed by atoms with E-state index in [2.05, 4.69) is 29.7 Å². The summed E-state index contributed by atoms with van der Waals surface area (Å²) in [7, 11) is 0. The monoisotopic (exact) mass is 398 g/mol. The third kappa shape index (κ3) is 3.72. The van der Waals surface area contributed by atoms with E-state index in [1.165, 1.54) is 12.8 Å². The van der Waals surface area contributed by atoms with Crippen molar-refractivity contribution in [3.05, 3.63) is 40.2 Å². The second-order valence-corrected chi connectivity index (χ2v) is 8.66. The molecule has 1 saturated carbocycles. The first-order valence-corrected chi connectivity index (χ1v) is 10.9. The van der Waals surface area contributed by atoms with E-state index in [0.29, 0.717) is 11.1 Å². The lowest BCUT2D eigenvalue weighted by atomic mass is 10.1. The van der Waals surface area contributed by atoms with Gasteiger partial charge in [0.05, 0.1) is 27.0 Å². The lowest BCUT2D eigenvalue weighted by molar-refractivity contribution is 0.210. The van der Waals surface area contributed by atoms with Gasteiger partial charge in [-0.3, -0.25) is 0 Å². The number of fused-ring (bicyclic) bond motifs is 1. The van der Waals surface area contributed by atoms with Gasteiger partial charge in [-0.15, -0.1) is 11.3 Å². The number of aryl methyl sites for hydroxylation is 1. The number of aromatic nitrogens is 1. The van der Waals surface area contributed by atoms with Crippen molar-refractivity contribution in [1.82, 2.24) is 4.57 Å². The zero-order valence-corrected chi connectivity index (χ0v) is 17.1. The standard InChI is InChI=1S/C22H23ClN2OS/c1-2-3-10-25-20(13-22-21(25)12-17(14-24)27-22)18-9-8-16(11-19(18)23)26-15-6-4-5-7-15/h8-9,11-13,15H,2-7,10H2,1H3. The molecule has 2 aromatic heterocycles. The maximum atomic E-state index is 9.22. The van der Waals surface area contributed by atoms with E-state index >= 15 is 0 Å². The molecule has 3 aromatic rings. The molecule has 27 heavy (non-hydrogen) atoms. The molecule has 3 nitrogen and oxygen atoms in total. The van der Waals surface area contributed by atoms with Gasteiger partial charge in [-0.1, -0.05) is 24.9 Å².